The first-order valence-electron chi connectivity index (χ1n) is 6.27. The molecule has 100 valence electrons. The zero-order valence-electron chi connectivity index (χ0n) is 10.7. The van der Waals surface area contributed by atoms with Crippen molar-refractivity contribution in [2.45, 2.75) is 0 Å². The molecule has 1 saturated heterocycles. The van der Waals surface area contributed by atoms with Gasteiger partial charge in [0.2, 0.25) is 0 Å². The number of carbonyl (C=O) groups excluding carboxylic acids is 1. The van der Waals surface area contributed by atoms with Gasteiger partial charge in [-0.1, -0.05) is 18.2 Å². The van der Waals surface area contributed by atoms with Crippen LogP contribution in [0.2, 0.25) is 0 Å². The van der Waals surface area contributed by atoms with Crippen molar-refractivity contribution in [1.29, 1.82) is 0 Å². The quantitative estimate of drug-likeness (QED) is 0.850. The van der Waals surface area contributed by atoms with Crippen molar-refractivity contribution in [1.82, 2.24) is 5.32 Å². The van der Waals surface area contributed by atoms with Gasteiger partial charge in [0.1, 0.15) is 0 Å². The smallest absolute Gasteiger partial charge is 0.252 e. The molecule has 2 aromatic rings. The Morgan fingerprint density at radius 2 is 1.65 bits per heavy atom. The van der Waals surface area contributed by atoms with Gasteiger partial charge in [-0.2, -0.15) is 0 Å². The van der Waals surface area contributed by atoms with Gasteiger partial charge < -0.3 is 10.6 Å². The Morgan fingerprint density at radius 1 is 1.00 bits per heavy atom. The van der Waals surface area contributed by atoms with Gasteiger partial charge in [0.25, 0.3) is 5.91 Å². The summed E-state index contributed by atoms with van der Waals surface area (Å²) in [6.07, 6.45) is 0. The molecule has 0 spiro atoms. The van der Waals surface area contributed by atoms with Crippen molar-refractivity contribution in [3.05, 3.63) is 54.6 Å². The summed E-state index contributed by atoms with van der Waals surface area (Å²) in [6, 6.07) is 17.5. The van der Waals surface area contributed by atoms with Crippen LogP contribution in [0.15, 0.2) is 54.6 Å². The van der Waals surface area contributed by atoms with Crippen molar-refractivity contribution in [3.8, 4) is 0 Å². The highest BCUT2D eigenvalue weighted by molar-refractivity contribution is 7.80. The van der Waals surface area contributed by atoms with E-state index in [1.54, 1.807) is 0 Å². The summed E-state index contributed by atoms with van der Waals surface area (Å²) in [5, 5.41) is 6.61. The van der Waals surface area contributed by atoms with E-state index in [9.17, 15) is 4.79 Å². The van der Waals surface area contributed by atoms with E-state index in [4.69, 9.17) is 12.2 Å². The second-order valence-electron chi connectivity index (χ2n) is 4.43. The monoisotopic (exact) mass is 283 g/mol. The molecule has 1 amide bonds. The van der Waals surface area contributed by atoms with E-state index in [-0.39, 0.29) is 12.5 Å². The lowest BCUT2D eigenvalue weighted by molar-refractivity contribution is -0.115. The molecule has 1 heterocycles. The van der Waals surface area contributed by atoms with Crippen molar-refractivity contribution in [2.24, 2.45) is 0 Å². The zero-order chi connectivity index (χ0) is 13.9. The maximum atomic E-state index is 11.7. The third-order valence-corrected chi connectivity index (χ3v) is 3.36. The number of benzene rings is 2. The van der Waals surface area contributed by atoms with Gasteiger partial charge in [0, 0.05) is 11.4 Å². The molecule has 5 heteroatoms. The summed E-state index contributed by atoms with van der Waals surface area (Å²) in [7, 11) is 0. The van der Waals surface area contributed by atoms with Crippen molar-refractivity contribution < 1.29 is 4.79 Å². The van der Waals surface area contributed by atoms with Crippen LogP contribution in [-0.4, -0.2) is 17.6 Å². The Bertz CT molecular complexity index is 624. The van der Waals surface area contributed by atoms with Gasteiger partial charge >= 0.3 is 0 Å². The summed E-state index contributed by atoms with van der Waals surface area (Å²) in [4.78, 5) is 13.2. The van der Waals surface area contributed by atoms with E-state index in [1.807, 2.05) is 54.6 Å². The lowest BCUT2D eigenvalue weighted by Crippen LogP contribution is -2.30. The van der Waals surface area contributed by atoms with Crippen LogP contribution in [-0.2, 0) is 4.79 Å². The van der Waals surface area contributed by atoms with Gasteiger partial charge in [-0.15, -0.1) is 0 Å². The Balaban J connectivity index is 1.78. The molecule has 20 heavy (non-hydrogen) atoms. The third kappa shape index (κ3) is 2.48. The maximum absolute atomic E-state index is 11.7. The van der Waals surface area contributed by atoms with E-state index in [2.05, 4.69) is 10.6 Å². The average Bonchev–Trinajstić information content (AvgIpc) is 2.81. The van der Waals surface area contributed by atoms with Crippen LogP contribution in [0.3, 0.4) is 0 Å². The highest BCUT2D eigenvalue weighted by atomic mass is 32.1. The number of hydrogen-bond acceptors (Lipinski definition) is 3. The van der Waals surface area contributed by atoms with Crippen LogP contribution in [0.4, 0.5) is 17.1 Å². The molecule has 2 N–H and O–H groups in total. The molecule has 3 rings (SSSR count). The largest absolute Gasteiger partial charge is 0.356 e. The zero-order valence-corrected chi connectivity index (χ0v) is 11.5. The number of hydrogen-bond donors (Lipinski definition) is 2. The minimum atomic E-state index is -0.0289. The summed E-state index contributed by atoms with van der Waals surface area (Å²) in [5.41, 5.74) is 2.77. The fourth-order valence-electron chi connectivity index (χ4n) is 2.07. The summed E-state index contributed by atoms with van der Waals surface area (Å²) >= 11 is 5.12. The second kappa shape index (κ2) is 5.30. The Hall–Kier alpha value is -2.40. The topological polar surface area (TPSA) is 44.4 Å². The molecular weight excluding hydrogens is 270 g/mol. The maximum Gasteiger partial charge on any atom is 0.252 e. The Labute approximate surface area is 122 Å². The molecule has 0 unspecified atom stereocenters. The summed E-state index contributed by atoms with van der Waals surface area (Å²) in [6.45, 7) is 0.267. The average molecular weight is 283 g/mol. The molecule has 0 bridgehead atoms. The highest BCUT2D eigenvalue weighted by Crippen LogP contribution is 2.22. The van der Waals surface area contributed by atoms with Gasteiger partial charge in [0.05, 0.1) is 12.2 Å². The molecule has 1 fully saturated rings. The van der Waals surface area contributed by atoms with E-state index in [0.717, 1.165) is 17.1 Å². The van der Waals surface area contributed by atoms with Crippen LogP contribution in [0, 0.1) is 0 Å². The van der Waals surface area contributed by atoms with Crippen LogP contribution >= 0.6 is 12.2 Å². The third-order valence-electron chi connectivity index (χ3n) is 3.03. The first-order chi connectivity index (χ1) is 9.74. The number of rotatable bonds is 3. The van der Waals surface area contributed by atoms with Gasteiger partial charge in [0.15, 0.2) is 5.11 Å². The van der Waals surface area contributed by atoms with Crippen LogP contribution in [0.5, 0.6) is 0 Å². The summed E-state index contributed by atoms with van der Waals surface area (Å²) < 4.78 is 0. The fraction of sp³-hybridized carbons (Fsp3) is 0.0667. The molecule has 1 aliphatic heterocycles. The van der Waals surface area contributed by atoms with E-state index >= 15 is 0 Å². The number of carbonyl (C=O) groups is 1. The lowest BCUT2D eigenvalue weighted by Gasteiger charge is -2.15. The van der Waals surface area contributed by atoms with Crippen molar-refractivity contribution in [2.75, 3.05) is 16.8 Å². The second-order valence-corrected chi connectivity index (χ2v) is 4.81. The van der Waals surface area contributed by atoms with Gasteiger partial charge in [-0.25, -0.2) is 0 Å². The molecule has 0 aromatic heterocycles. The summed E-state index contributed by atoms with van der Waals surface area (Å²) in [5.74, 6) is -0.0289. The molecule has 2 aromatic carbocycles. The molecule has 0 atom stereocenters. The van der Waals surface area contributed by atoms with Crippen molar-refractivity contribution in [3.63, 3.8) is 0 Å². The number of amides is 1. The number of thiocarbonyl (C=S) groups is 1. The minimum Gasteiger partial charge on any atom is -0.356 e. The van der Waals surface area contributed by atoms with E-state index in [1.165, 1.54) is 4.90 Å². The predicted molar refractivity (Wildman–Crippen MR) is 84.3 cm³/mol. The van der Waals surface area contributed by atoms with Crippen molar-refractivity contribution >= 4 is 40.3 Å². The molecule has 0 radical (unpaired) electrons. The Morgan fingerprint density at radius 3 is 2.25 bits per heavy atom. The van der Waals surface area contributed by atoms with Crippen LogP contribution in [0.25, 0.3) is 0 Å². The lowest BCUT2D eigenvalue weighted by atomic mass is 10.2. The Kier molecular flexibility index (Phi) is 3.35. The highest BCUT2D eigenvalue weighted by Gasteiger charge is 2.26. The number of anilines is 3. The normalized spacial score (nSPS) is 14.3. The number of nitrogens with zero attached hydrogens (tertiary/aromatic N) is 1. The molecule has 1 aliphatic rings. The molecule has 4 nitrogen and oxygen atoms in total. The molecular formula is C15H13N3OS. The fourth-order valence-corrected chi connectivity index (χ4v) is 2.35. The number of nitrogens with one attached hydrogen (secondary N) is 2. The van der Waals surface area contributed by atoms with Crippen LogP contribution in [0.1, 0.15) is 0 Å². The standard InChI is InChI=1S/C15H13N3OS/c19-14-10-16-15(20)18(14)13-8-6-12(7-9-13)17-11-4-2-1-3-5-11/h1-9,17H,10H2,(H,16,20). The predicted octanol–water partition coefficient (Wildman–Crippen LogP) is 2.65. The van der Waals surface area contributed by atoms with Crippen LogP contribution < -0.4 is 15.5 Å². The van der Waals surface area contributed by atoms with Gasteiger partial charge in [-0.05, 0) is 48.6 Å². The van der Waals surface area contributed by atoms with E-state index in [0.29, 0.717) is 5.11 Å². The SMILES string of the molecule is O=C1CNC(=S)N1c1ccc(Nc2ccccc2)cc1. The first-order valence-corrected chi connectivity index (χ1v) is 6.68. The van der Waals surface area contributed by atoms with E-state index < -0.39 is 0 Å². The molecule has 0 aliphatic carbocycles. The number of para-hydroxylation sites is 1. The first kappa shape index (κ1) is 12.6. The minimum absolute atomic E-state index is 0.0289. The van der Waals surface area contributed by atoms with Gasteiger partial charge in [-0.3, -0.25) is 9.69 Å². The molecule has 0 saturated carbocycles.